The van der Waals surface area contributed by atoms with E-state index in [1.54, 1.807) is 0 Å². The topological polar surface area (TPSA) is 64.9 Å². The Morgan fingerprint density at radius 2 is 2.40 bits per heavy atom. The van der Waals surface area contributed by atoms with Crippen molar-refractivity contribution in [3.8, 4) is 6.07 Å². The molecule has 0 saturated carbocycles. The Kier molecular flexibility index (Phi) is 3.57. The molecule has 2 aromatic heterocycles. The Balaban J connectivity index is 1.92. The maximum Gasteiger partial charge on any atom is 0.266 e. The van der Waals surface area contributed by atoms with Crippen LogP contribution in [0.15, 0.2) is 11.4 Å². The Morgan fingerprint density at radius 1 is 1.55 bits per heavy atom. The van der Waals surface area contributed by atoms with Crippen LogP contribution >= 0.6 is 22.7 Å². The second-order valence-corrected chi connectivity index (χ2v) is 6.65. The third kappa shape index (κ3) is 2.24. The molecule has 0 aromatic carbocycles. The fourth-order valence-corrected chi connectivity index (χ4v) is 4.29. The lowest BCUT2D eigenvalue weighted by Crippen LogP contribution is -2.22. The second kappa shape index (κ2) is 5.37. The normalized spacial score (nSPS) is 13.6. The monoisotopic (exact) mass is 303 g/mol. The summed E-state index contributed by atoms with van der Waals surface area (Å²) in [6, 6.07) is 4.17. The van der Waals surface area contributed by atoms with Crippen molar-refractivity contribution in [2.75, 3.05) is 11.9 Å². The zero-order valence-corrected chi connectivity index (χ0v) is 12.6. The number of fused-ring (bicyclic) bond motifs is 1. The van der Waals surface area contributed by atoms with Crippen LogP contribution in [0.1, 0.15) is 31.2 Å². The first-order valence-corrected chi connectivity index (χ1v) is 8.01. The number of hydrogen-bond donors (Lipinski definition) is 2. The van der Waals surface area contributed by atoms with Crippen molar-refractivity contribution in [1.29, 1.82) is 5.26 Å². The van der Waals surface area contributed by atoms with Gasteiger partial charge in [-0.25, -0.2) is 0 Å². The summed E-state index contributed by atoms with van der Waals surface area (Å²) in [5.41, 5.74) is 2.69. The number of aryl methyl sites for hydroxylation is 1. The van der Waals surface area contributed by atoms with E-state index in [4.69, 9.17) is 0 Å². The van der Waals surface area contributed by atoms with Gasteiger partial charge in [0.1, 0.15) is 11.1 Å². The molecule has 0 atom stereocenters. The number of nitriles is 1. The highest BCUT2D eigenvalue weighted by Gasteiger charge is 2.22. The van der Waals surface area contributed by atoms with Crippen LogP contribution in [0.5, 0.6) is 0 Å². The van der Waals surface area contributed by atoms with Crippen molar-refractivity contribution >= 4 is 33.6 Å². The van der Waals surface area contributed by atoms with Crippen LogP contribution in [0, 0.1) is 18.3 Å². The molecule has 0 fully saturated rings. The molecule has 1 aliphatic rings. The molecule has 1 amide bonds. The highest BCUT2D eigenvalue weighted by molar-refractivity contribution is 7.17. The van der Waals surface area contributed by atoms with Gasteiger partial charge in [0.15, 0.2) is 0 Å². The average Bonchev–Trinajstić information content (AvgIpc) is 3.01. The van der Waals surface area contributed by atoms with Gasteiger partial charge in [-0.2, -0.15) is 5.26 Å². The zero-order valence-electron chi connectivity index (χ0n) is 10.9. The lowest BCUT2D eigenvalue weighted by Gasteiger charge is -2.11. The van der Waals surface area contributed by atoms with Gasteiger partial charge in [-0.05, 0) is 42.5 Å². The van der Waals surface area contributed by atoms with Gasteiger partial charge in [-0.1, -0.05) is 0 Å². The van der Waals surface area contributed by atoms with E-state index >= 15 is 0 Å². The van der Waals surface area contributed by atoms with Crippen molar-refractivity contribution in [2.45, 2.75) is 19.9 Å². The predicted molar refractivity (Wildman–Crippen MR) is 81.5 cm³/mol. The van der Waals surface area contributed by atoms with Gasteiger partial charge in [0.05, 0.1) is 10.4 Å². The van der Waals surface area contributed by atoms with Crippen LogP contribution in [0.2, 0.25) is 0 Å². The van der Waals surface area contributed by atoms with E-state index in [0.29, 0.717) is 15.4 Å². The summed E-state index contributed by atoms with van der Waals surface area (Å²) in [4.78, 5) is 14.1. The van der Waals surface area contributed by atoms with Gasteiger partial charge in [0, 0.05) is 11.4 Å². The van der Waals surface area contributed by atoms with Crippen molar-refractivity contribution in [3.63, 3.8) is 0 Å². The predicted octanol–water partition coefficient (Wildman–Crippen LogP) is 2.89. The summed E-state index contributed by atoms with van der Waals surface area (Å²) in [5, 5.41) is 18.1. The second-order valence-electron chi connectivity index (χ2n) is 4.63. The van der Waals surface area contributed by atoms with Gasteiger partial charge in [-0.3, -0.25) is 4.79 Å². The maximum absolute atomic E-state index is 12.3. The smallest absolute Gasteiger partial charge is 0.266 e. The van der Waals surface area contributed by atoms with Crippen molar-refractivity contribution < 1.29 is 4.79 Å². The Labute approximate surface area is 125 Å². The molecular formula is C14H13N3OS2. The van der Waals surface area contributed by atoms with Crippen LogP contribution in [-0.4, -0.2) is 12.5 Å². The summed E-state index contributed by atoms with van der Waals surface area (Å²) < 4.78 is 0. The highest BCUT2D eigenvalue weighted by atomic mass is 32.1. The molecule has 1 aliphatic heterocycles. The van der Waals surface area contributed by atoms with E-state index in [1.165, 1.54) is 22.7 Å². The van der Waals surface area contributed by atoms with E-state index in [9.17, 15) is 10.1 Å². The number of anilines is 1. The molecule has 0 bridgehead atoms. The van der Waals surface area contributed by atoms with Crippen LogP contribution in [0.25, 0.3) is 0 Å². The largest absolute Gasteiger partial charge is 0.312 e. The first-order chi connectivity index (χ1) is 9.70. The summed E-state index contributed by atoms with van der Waals surface area (Å²) in [6.07, 6.45) is 0.850. The first kappa shape index (κ1) is 13.3. The van der Waals surface area contributed by atoms with Crippen LogP contribution in [0.3, 0.4) is 0 Å². The SMILES string of the molecule is Cc1ccsc1C(=O)Nc1sc2c(c1C#N)CCNC2. The molecule has 102 valence electrons. The molecule has 0 spiro atoms. The average molecular weight is 303 g/mol. The van der Waals surface area contributed by atoms with Gasteiger partial charge in [-0.15, -0.1) is 22.7 Å². The fourth-order valence-electron chi connectivity index (χ4n) is 2.31. The number of carbonyl (C=O) groups is 1. The quantitative estimate of drug-likeness (QED) is 0.896. The lowest BCUT2D eigenvalue weighted by atomic mass is 10.1. The summed E-state index contributed by atoms with van der Waals surface area (Å²) in [5.74, 6) is -0.124. The molecule has 4 nitrogen and oxygen atoms in total. The first-order valence-electron chi connectivity index (χ1n) is 6.31. The number of nitrogens with one attached hydrogen (secondary N) is 2. The molecule has 2 aromatic rings. The van der Waals surface area contributed by atoms with Crippen molar-refractivity contribution in [1.82, 2.24) is 5.32 Å². The van der Waals surface area contributed by atoms with Crippen LogP contribution in [-0.2, 0) is 13.0 Å². The molecule has 6 heteroatoms. The number of carbonyl (C=O) groups excluding carboxylic acids is 1. The molecule has 20 heavy (non-hydrogen) atoms. The zero-order chi connectivity index (χ0) is 14.1. The summed E-state index contributed by atoms with van der Waals surface area (Å²) in [7, 11) is 0. The van der Waals surface area contributed by atoms with E-state index in [-0.39, 0.29) is 5.91 Å². The van der Waals surface area contributed by atoms with E-state index < -0.39 is 0 Å². The molecule has 0 saturated heterocycles. The number of amides is 1. The minimum absolute atomic E-state index is 0.124. The minimum Gasteiger partial charge on any atom is -0.312 e. The van der Waals surface area contributed by atoms with Crippen molar-refractivity contribution in [3.05, 3.63) is 37.9 Å². The van der Waals surface area contributed by atoms with E-state index in [1.807, 2.05) is 18.4 Å². The lowest BCUT2D eigenvalue weighted by molar-refractivity contribution is 0.103. The number of nitrogens with zero attached hydrogens (tertiary/aromatic N) is 1. The van der Waals surface area contributed by atoms with Gasteiger partial charge < -0.3 is 10.6 Å². The van der Waals surface area contributed by atoms with Crippen molar-refractivity contribution in [2.24, 2.45) is 0 Å². The molecule has 3 rings (SSSR count). The third-order valence-corrected chi connectivity index (χ3v) is 5.50. The molecule has 3 heterocycles. The Bertz CT molecular complexity index is 709. The van der Waals surface area contributed by atoms with Gasteiger partial charge in [0.25, 0.3) is 5.91 Å². The van der Waals surface area contributed by atoms with Gasteiger partial charge in [0.2, 0.25) is 0 Å². The fraction of sp³-hybridized carbons (Fsp3) is 0.286. The molecular weight excluding hydrogens is 290 g/mol. The third-order valence-electron chi connectivity index (χ3n) is 3.34. The number of rotatable bonds is 2. The van der Waals surface area contributed by atoms with Gasteiger partial charge >= 0.3 is 0 Å². The van der Waals surface area contributed by atoms with E-state index in [0.717, 1.165) is 35.5 Å². The van der Waals surface area contributed by atoms with Crippen LogP contribution in [0.4, 0.5) is 5.00 Å². The minimum atomic E-state index is -0.124. The standard InChI is InChI=1S/C14H13N3OS2/c1-8-3-5-19-12(8)13(18)17-14-10(6-15)9-2-4-16-7-11(9)20-14/h3,5,16H,2,4,7H2,1H3,(H,17,18). The Morgan fingerprint density at radius 3 is 3.10 bits per heavy atom. The summed E-state index contributed by atoms with van der Waals surface area (Å²) >= 11 is 2.93. The van der Waals surface area contributed by atoms with Crippen LogP contribution < -0.4 is 10.6 Å². The molecule has 2 N–H and O–H groups in total. The highest BCUT2D eigenvalue weighted by Crippen LogP contribution is 2.35. The summed E-state index contributed by atoms with van der Waals surface area (Å²) in [6.45, 7) is 3.58. The molecule has 0 unspecified atom stereocenters. The maximum atomic E-state index is 12.3. The van der Waals surface area contributed by atoms with E-state index in [2.05, 4.69) is 16.7 Å². The number of thiophene rings is 2. The molecule has 0 aliphatic carbocycles. The molecule has 0 radical (unpaired) electrons. The number of hydrogen-bond acceptors (Lipinski definition) is 5. The Hall–Kier alpha value is -1.68.